The van der Waals surface area contributed by atoms with Gasteiger partial charge in [-0.15, -0.1) is 6.42 Å². The second kappa shape index (κ2) is 6.12. The predicted molar refractivity (Wildman–Crippen MR) is 63.4 cm³/mol. The average Bonchev–Trinajstić information content (AvgIpc) is 2.34. The first-order valence-corrected chi connectivity index (χ1v) is 4.82. The highest BCUT2D eigenvalue weighted by atomic mass is 16.6. The first-order chi connectivity index (χ1) is 8.15. The number of benzene rings is 1. The first-order valence-electron chi connectivity index (χ1n) is 4.82. The van der Waals surface area contributed by atoms with E-state index >= 15 is 0 Å². The van der Waals surface area contributed by atoms with E-state index in [-0.39, 0.29) is 24.7 Å². The minimum absolute atomic E-state index is 0.0630. The lowest BCUT2D eigenvalue weighted by molar-refractivity contribution is -0.383. The maximum absolute atomic E-state index is 11.2. The van der Waals surface area contributed by atoms with Gasteiger partial charge in [-0.3, -0.25) is 14.9 Å². The van der Waals surface area contributed by atoms with Crippen molar-refractivity contribution in [1.82, 2.24) is 5.32 Å². The zero-order valence-electron chi connectivity index (χ0n) is 8.97. The van der Waals surface area contributed by atoms with Gasteiger partial charge in [0.05, 0.1) is 18.0 Å². The summed E-state index contributed by atoms with van der Waals surface area (Å²) >= 11 is 0. The Hall–Kier alpha value is -2.55. The number of terminal acetylenes is 1. The van der Waals surface area contributed by atoms with Crippen LogP contribution in [0.25, 0.3) is 0 Å². The highest BCUT2D eigenvalue weighted by molar-refractivity contribution is 5.81. The number of hydrogen-bond donors (Lipinski definition) is 2. The Morgan fingerprint density at radius 3 is 2.82 bits per heavy atom. The van der Waals surface area contributed by atoms with E-state index in [9.17, 15) is 14.9 Å². The van der Waals surface area contributed by atoms with Crippen molar-refractivity contribution in [2.24, 2.45) is 0 Å². The average molecular weight is 233 g/mol. The molecule has 0 atom stereocenters. The summed E-state index contributed by atoms with van der Waals surface area (Å²) in [6.07, 6.45) is 4.97. The van der Waals surface area contributed by atoms with Crippen molar-refractivity contribution in [3.05, 3.63) is 34.4 Å². The summed E-state index contributed by atoms with van der Waals surface area (Å²) in [5.74, 6) is 1.94. The molecule has 1 amide bonds. The molecule has 0 saturated carbocycles. The van der Waals surface area contributed by atoms with Crippen LogP contribution in [0, 0.1) is 22.5 Å². The lowest BCUT2D eigenvalue weighted by Gasteiger charge is -2.06. The molecule has 0 aliphatic heterocycles. The Kier molecular flexibility index (Phi) is 4.51. The van der Waals surface area contributed by atoms with Crippen molar-refractivity contribution in [3.63, 3.8) is 0 Å². The number of amides is 1. The third-order valence-electron chi connectivity index (χ3n) is 1.93. The number of nitro groups is 1. The van der Waals surface area contributed by atoms with Crippen molar-refractivity contribution in [1.29, 1.82) is 0 Å². The minimum atomic E-state index is -0.512. The van der Waals surface area contributed by atoms with Crippen molar-refractivity contribution in [2.45, 2.75) is 0 Å². The number of nitrogens with zero attached hydrogens (tertiary/aromatic N) is 1. The van der Waals surface area contributed by atoms with Gasteiger partial charge < -0.3 is 10.6 Å². The molecule has 0 bridgehead atoms. The van der Waals surface area contributed by atoms with Gasteiger partial charge >= 0.3 is 0 Å². The lowest BCUT2D eigenvalue weighted by Crippen LogP contribution is -2.30. The third-order valence-corrected chi connectivity index (χ3v) is 1.93. The number of nitro benzene ring substituents is 1. The van der Waals surface area contributed by atoms with Crippen molar-refractivity contribution in [3.8, 4) is 12.3 Å². The topological polar surface area (TPSA) is 84.3 Å². The smallest absolute Gasteiger partial charge is 0.292 e. The molecule has 0 aromatic heterocycles. The number of anilines is 1. The van der Waals surface area contributed by atoms with E-state index in [1.165, 1.54) is 12.1 Å². The highest BCUT2D eigenvalue weighted by Crippen LogP contribution is 2.22. The molecular formula is C11H11N3O3. The van der Waals surface area contributed by atoms with Gasteiger partial charge in [-0.05, 0) is 6.07 Å². The van der Waals surface area contributed by atoms with Gasteiger partial charge in [0.15, 0.2) is 0 Å². The van der Waals surface area contributed by atoms with Gasteiger partial charge in [0.2, 0.25) is 5.91 Å². The van der Waals surface area contributed by atoms with E-state index in [1.54, 1.807) is 12.1 Å². The number of para-hydroxylation sites is 2. The molecule has 88 valence electrons. The molecule has 17 heavy (non-hydrogen) atoms. The maximum atomic E-state index is 11.2. The molecule has 1 rings (SSSR count). The van der Waals surface area contributed by atoms with Crippen LogP contribution >= 0.6 is 0 Å². The molecule has 1 aromatic rings. The fourth-order valence-corrected chi connectivity index (χ4v) is 1.17. The quantitative estimate of drug-likeness (QED) is 0.446. The van der Waals surface area contributed by atoms with E-state index in [2.05, 4.69) is 16.6 Å². The third kappa shape index (κ3) is 3.83. The lowest BCUT2D eigenvalue weighted by atomic mass is 10.2. The van der Waals surface area contributed by atoms with Gasteiger partial charge in [-0.25, -0.2) is 0 Å². The molecular weight excluding hydrogens is 222 g/mol. The molecule has 0 spiro atoms. The Morgan fingerprint density at radius 2 is 2.18 bits per heavy atom. The van der Waals surface area contributed by atoms with E-state index in [0.29, 0.717) is 5.69 Å². The zero-order valence-corrected chi connectivity index (χ0v) is 8.97. The summed E-state index contributed by atoms with van der Waals surface area (Å²) < 4.78 is 0. The molecule has 1 aromatic carbocycles. The molecule has 0 saturated heterocycles. The molecule has 0 fully saturated rings. The van der Waals surface area contributed by atoms with Gasteiger partial charge in [0, 0.05) is 6.07 Å². The summed E-state index contributed by atoms with van der Waals surface area (Å²) in [4.78, 5) is 21.4. The molecule has 0 aliphatic carbocycles. The van der Waals surface area contributed by atoms with E-state index in [1.807, 2.05) is 0 Å². The van der Waals surface area contributed by atoms with Crippen LogP contribution in [-0.2, 0) is 4.79 Å². The second-order valence-electron chi connectivity index (χ2n) is 3.11. The summed E-state index contributed by atoms with van der Waals surface area (Å²) in [6, 6.07) is 6.10. The first kappa shape index (κ1) is 12.5. The largest absolute Gasteiger partial charge is 0.371 e. The van der Waals surface area contributed by atoms with E-state index < -0.39 is 4.92 Å². The standard InChI is InChI=1S/C11H11N3O3/c1-2-7-12-11(15)8-13-9-5-3-4-6-10(9)14(16)17/h1,3-6,13H,7-8H2,(H,12,15). The number of hydrogen-bond acceptors (Lipinski definition) is 4. The van der Waals surface area contributed by atoms with Crippen LogP contribution in [-0.4, -0.2) is 23.9 Å². The van der Waals surface area contributed by atoms with Crippen LogP contribution in [0.2, 0.25) is 0 Å². The van der Waals surface area contributed by atoms with Crippen molar-refractivity contribution < 1.29 is 9.72 Å². The number of carbonyl (C=O) groups excluding carboxylic acids is 1. The van der Waals surface area contributed by atoms with Gasteiger partial charge in [0.1, 0.15) is 5.69 Å². The normalized spacial score (nSPS) is 9.12. The summed E-state index contributed by atoms with van der Waals surface area (Å²) in [5.41, 5.74) is 0.227. The van der Waals surface area contributed by atoms with Gasteiger partial charge in [-0.1, -0.05) is 18.1 Å². The fraction of sp³-hybridized carbons (Fsp3) is 0.182. The summed E-state index contributed by atoms with van der Waals surface area (Å²) in [7, 11) is 0. The number of carbonyl (C=O) groups is 1. The highest BCUT2D eigenvalue weighted by Gasteiger charge is 2.12. The Bertz CT molecular complexity index is 465. The Morgan fingerprint density at radius 1 is 1.47 bits per heavy atom. The molecule has 0 heterocycles. The molecule has 0 unspecified atom stereocenters. The predicted octanol–water partition coefficient (Wildman–Crippen LogP) is 0.756. The molecule has 0 radical (unpaired) electrons. The van der Waals surface area contributed by atoms with Crippen molar-refractivity contribution in [2.75, 3.05) is 18.4 Å². The van der Waals surface area contributed by atoms with Crippen LogP contribution in [0.15, 0.2) is 24.3 Å². The number of rotatable bonds is 5. The van der Waals surface area contributed by atoms with Gasteiger partial charge in [-0.2, -0.15) is 0 Å². The SMILES string of the molecule is C#CCNC(=O)CNc1ccccc1[N+](=O)[O-]. The van der Waals surface area contributed by atoms with Crippen LogP contribution < -0.4 is 10.6 Å². The van der Waals surface area contributed by atoms with Crippen LogP contribution in [0.4, 0.5) is 11.4 Å². The minimum Gasteiger partial charge on any atom is -0.371 e. The number of nitrogens with one attached hydrogen (secondary N) is 2. The molecule has 0 aliphatic rings. The van der Waals surface area contributed by atoms with Crippen LogP contribution in [0.3, 0.4) is 0 Å². The summed E-state index contributed by atoms with van der Waals surface area (Å²) in [5, 5.41) is 15.8. The van der Waals surface area contributed by atoms with Crippen molar-refractivity contribution >= 4 is 17.3 Å². The molecule has 6 nitrogen and oxygen atoms in total. The van der Waals surface area contributed by atoms with Crippen LogP contribution in [0.5, 0.6) is 0 Å². The summed E-state index contributed by atoms with van der Waals surface area (Å²) in [6.45, 7) is 0.0733. The Labute approximate surface area is 98.2 Å². The fourth-order valence-electron chi connectivity index (χ4n) is 1.17. The molecule has 6 heteroatoms. The monoisotopic (exact) mass is 233 g/mol. The molecule has 2 N–H and O–H groups in total. The Balaban J connectivity index is 2.61. The van der Waals surface area contributed by atoms with E-state index in [0.717, 1.165) is 0 Å². The van der Waals surface area contributed by atoms with Crippen LogP contribution in [0.1, 0.15) is 0 Å². The van der Waals surface area contributed by atoms with Gasteiger partial charge in [0.25, 0.3) is 5.69 Å². The maximum Gasteiger partial charge on any atom is 0.292 e. The second-order valence-corrected chi connectivity index (χ2v) is 3.11. The zero-order chi connectivity index (χ0) is 12.7. The van der Waals surface area contributed by atoms with E-state index in [4.69, 9.17) is 6.42 Å².